The van der Waals surface area contributed by atoms with Crippen molar-refractivity contribution in [2.75, 3.05) is 18.1 Å². The summed E-state index contributed by atoms with van der Waals surface area (Å²) in [6, 6.07) is 7.27. The van der Waals surface area contributed by atoms with Gasteiger partial charge in [0.1, 0.15) is 6.10 Å². The minimum Gasteiger partial charge on any atom is -0.475 e. The van der Waals surface area contributed by atoms with Crippen molar-refractivity contribution in [2.45, 2.75) is 52.7 Å². The smallest absolute Gasteiger partial charge is 0.215 e. The number of anilines is 2. The highest BCUT2D eigenvalue weighted by molar-refractivity contribution is 5.44. The van der Waals surface area contributed by atoms with Crippen molar-refractivity contribution in [3.63, 3.8) is 0 Å². The summed E-state index contributed by atoms with van der Waals surface area (Å²) in [4.78, 5) is 8.08. The number of nitrogens with zero attached hydrogens (tertiary/aromatic N) is 2. The van der Waals surface area contributed by atoms with Gasteiger partial charge in [-0.05, 0) is 38.8 Å². The Labute approximate surface area is 150 Å². The second-order valence-corrected chi connectivity index (χ2v) is 5.54. The first-order valence-corrected chi connectivity index (χ1v) is 8.75. The average Bonchev–Trinajstić information content (AvgIpc) is 3.41. The molecule has 2 heterocycles. The van der Waals surface area contributed by atoms with Crippen LogP contribution in [0.2, 0.25) is 0 Å². The molecule has 6 nitrogen and oxygen atoms in total. The molecular formula is C19H30N4O2. The van der Waals surface area contributed by atoms with Gasteiger partial charge in [0.15, 0.2) is 0 Å². The van der Waals surface area contributed by atoms with Crippen LogP contribution in [-0.4, -0.2) is 29.2 Å². The van der Waals surface area contributed by atoms with E-state index in [1.807, 2.05) is 46.9 Å². The Morgan fingerprint density at radius 3 is 2.28 bits per heavy atom. The van der Waals surface area contributed by atoms with E-state index in [1.54, 1.807) is 24.5 Å². The lowest BCUT2D eigenvalue weighted by Crippen LogP contribution is -2.06. The molecule has 2 aromatic heterocycles. The molecule has 0 aromatic carbocycles. The van der Waals surface area contributed by atoms with Gasteiger partial charge in [-0.3, -0.25) is 0 Å². The molecule has 3 N–H and O–H groups in total. The molecule has 6 heteroatoms. The highest BCUT2D eigenvalue weighted by Crippen LogP contribution is 2.26. The maximum absolute atomic E-state index is 5.52. The molecule has 3 rings (SSSR count). The first-order valence-electron chi connectivity index (χ1n) is 8.75. The van der Waals surface area contributed by atoms with Crippen molar-refractivity contribution in [1.29, 1.82) is 0 Å². The minimum absolute atomic E-state index is 0.143. The number of ether oxygens (including phenoxy) is 2. The molecule has 0 spiro atoms. The predicted molar refractivity (Wildman–Crippen MR) is 103 cm³/mol. The molecule has 0 amide bonds. The van der Waals surface area contributed by atoms with Crippen molar-refractivity contribution in [1.82, 2.24) is 9.97 Å². The summed E-state index contributed by atoms with van der Waals surface area (Å²) in [5.74, 6) is 1.31. The van der Waals surface area contributed by atoms with Gasteiger partial charge in [-0.15, -0.1) is 0 Å². The van der Waals surface area contributed by atoms with Gasteiger partial charge in [-0.1, -0.05) is 13.8 Å². The molecule has 0 bridgehead atoms. The van der Waals surface area contributed by atoms with Crippen LogP contribution in [0.1, 0.15) is 40.5 Å². The van der Waals surface area contributed by atoms with Crippen LogP contribution in [0.4, 0.5) is 11.4 Å². The van der Waals surface area contributed by atoms with Crippen LogP contribution in [-0.2, 0) is 0 Å². The largest absolute Gasteiger partial charge is 0.475 e. The van der Waals surface area contributed by atoms with E-state index in [-0.39, 0.29) is 6.10 Å². The lowest BCUT2D eigenvalue weighted by atomic mass is 10.4. The summed E-state index contributed by atoms with van der Waals surface area (Å²) >= 11 is 0. The van der Waals surface area contributed by atoms with Crippen molar-refractivity contribution in [2.24, 2.45) is 0 Å². The van der Waals surface area contributed by atoms with Crippen LogP contribution in [0.5, 0.6) is 11.8 Å². The standard InChI is InChI=1S/C9H12N2O.C8H12N2O.C2H6/c1-10-7-4-5-11-9(6-7)12-8-2-3-8;1-6(2)11-8-5-7(9)3-4-10-8;1-2/h4-6,8H,2-3H2,1H3,(H,10,11);3-6H,1-2H3,(H2,9,10);1-2H3. The highest BCUT2D eigenvalue weighted by Gasteiger charge is 2.23. The zero-order valence-corrected chi connectivity index (χ0v) is 15.8. The molecule has 0 saturated heterocycles. The molecule has 0 aliphatic heterocycles. The topological polar surface area (TPSA) is 82.3 Å². The van der Waals surface area contributed by atoms with Gasteiger partial charge in [-0.2, -0.15) is 0 Å². The molecule has 0 atom stereocenters. The fourth-order valence-corrected chi connectivity index (χ4v) is 1.72. The van der Waals surface area contributed by atoms with Crippen molar-refractivity contribution in [3.8, 4) is 11.8 Å². The van der Waals surface area contributed by atoms with Gasteiger partial charge in [0.25, 0.3) is 0 Å². The quantitative estimate of drug-likeness (QED) is 0.846. The van der Waals surface area contributed by atoms with Gasteiger partial charge in [0.2, 0.25) is 11.8 Å². The Hall–Kier alpha value is -2.50. The minimum atomic E-state index is 0.143. The number of pyridine rings is 2. The van der Waals surface area contributed by atoms with Crippen molar-refractivity contribution >= 4 is 11.4 Å². The van der Waals surface area contributed by atoms with Crippen molar-refractivity contribution < 1.29 is 9.47 Å². The number of nitrogens with one attached hydrogen (secondary N) is 1. The van der Waals surface area contributed by atoms with Gasteiger partial charge in [0, 0.05) is 42.9 Å². The fraction of sp³-hybridized carbons (Fsp3) is 0.474. The summed E-state index contributed by atoms with van der Waals surface area (Å²) in [6.07, 6.45) is 6.29. The van der Waals surface area contributed by atoms with Crippen LogP contribution >= 0.6 is 0 Å². The van der Waals surface area contributed by atoms with Crippen LogP contribution in [0, 0.1) is 0 Å². The number of rotatable bonds is 5. The Bertz CT molecular complexity index is 616. The first-order chi connectivity index (χ1) is 12.1. The molecule has 1 aliphatic rings. The fourth-order valence-electron chi connectivity index (χ4n) is 1.72. The average molecular weight is 346 g/mol. The van der Waals surface area contributed by atoms with Crippen LogP contribution in [0.15, 0.2) is 36.7 Å². The molecule has 25 heavy (non-hydrogen) atoms. The van der Waals surface area contributed by atoms with E-state index in [2.05, 4.69) is 15.3 Å². The van der Waals surface area contributed by atoms with Gasteiger partial charge >= 0.3 is 0 Å². The van der Waals surface area contributed by atoms with Gasteiger partial charge in [0.05, 0.1) is 6.10 Å². The van der Waals surface area contributed by atoms with E-state index in [4.69, 9.17) is 15.2 Å². The maximum atomic E-state index is 5.52. The van der Waals surface area contributed by atoms with E-state index < -0.39 is 0 Å². The third-order valence-electron chi connectivity index (χ3n) is 2.95. The second kappa shape index (κ2) is 11.1. The number of nitrogen functional groups attached to an aromatic ring is 1. The zero-order valence-electron chi connectivity index (χ0n) is 15.8. The van der Waals surface area contributed by atoms with E-state index in [0.29, 0.717) is 17.7 Å². The van der Waals surface area contributed by atoms with Gasteiger partial charge in [-0.25, -0.2) is 9.97 Å². The van der Waals surface area contributed by atoms with Crippen LogP contribution in [0.25, 0.3) is 0 Å². The van der Waals surface area contributed by atoms with E-state index in [0.717, 1.165) is 11.6 Å². The third-order valence-corrected chi connectivity index (χ3v) is 2.95. The summed E-state index contributed by atoms with van der Waals surface area (Å²) in [7, 11) is 1.89. The molecule has 0 radical (unpaired) electrons. The van der Waals surface area contributed by atoms with Crippen LogP contribution < -0.4 is 20.5 Å². The molecule has 1 saturated carbocycles. The number of hydrogen-bond donors (Lipinski definition) is 2. The monoisotopic (exact) mass is 346 g/mol. The zero-order chi connectivity index (χ0) is 18.7. The number of hydrogen-bond acceptors (Lipinski definition) is 6. The lowest BCUT2D eigenvalue weighted by Gasteiger charge is -2.07. The Balaban J connectivity index is 0.000000229. The third kappa shape index (κ3) is 8.79. The Morgan fingerprint density at radius 2 is 1.72 bits per heavy atom. The molecule has 1 aliphatic carbocycles. The SMILES string of the molecule is CC.CC(C)Oc1cc(N)ccn1.CNc1ccnc(OC2CC2)c1. The summed E-state index contributed by atoms with van der Waals surface area (Å²) in [5, 5.41) is 3.04. The Kier molecular flexibility index (Phi) is 9.14. The number of nitrogens with two attached hydrogens (primary N) is 1. The maximum Gasteiger partial charge on any atom is 0.215 e. The number of aromatic nitrogens is 2. The van der Waals surface area contributed by atoms with E-state index in [9.17, 15) is 0 Å². The highest BCUT2D eigenvalue weighted by atomic mass is 16.5. The second-order valence-electron chi connectivity index (χ2n) is 5.54. The summed E-state index contributed by atoms with van der Waals surface area (Å²) in [6.45, 7) is 7.90. The molecule has 1 fully saturated rings. The van der Waals surface area contributed by atoms with Crippen molar-refractivity contribution in [3.05, 3.63) is 36.7 Å². The summed E-state index contributed by atoms with van der Waals surface area (Å²) in [5.41, 5.74) is 7.23. The summed E-state index contributed by atoms with van der Waals surface area (Å²) < 4.78 is 10.8. The molecular weight excluding hydrogens is 316 g/mol. The Morgan fingerprint density at radius 1 is 1.08 bits per heavy atom. The predicted octanol–water partition coefficient (Wildman–Crippen LogP) is 4.14. The van der Waals surface area contributed by atoms with Crippen LogP contribution in [0.3, 0.4) is 0 Å². The van der Waals surface area contributed by atoms with E-state index in [1.165, 1.54) is 12.8 Å². The van der Waals surface area contributed by atoms with Gasteiger partial charge < -0.3 is 20.5 Å². The first kappa shape index (κ1) is 20.5. The molecule has 138 valence electrons. The van der Waals surface area contributed by atoms with E-state index >= 15 is 0 Å². The molecule has 0 unspecified atom stereocenters. The molecule has 2 aromatic rings. The normalized spacial score (nSPS) is 12.2. The lowest BCUT2D eigenvalue weighted by molar-refractivity contribution is 0.233.